The molecule has 3 atom stereocenters. The monoisotopic (exact) mass is 341 g/mol. The maximum absolute atomic E-state index is 5.73. The van der Waals surface area contributed by atoms with Crippen molar-refractivity contribution < 1.29 is 9.47 Å². The van der Waals surface area contributed by atoms with Crippen LogP contribution in [0.1, 0.15) is 25.8 Å². The molecule has 1 aromatic carbocycles. The molecule has 0 radical (unpaired) electrons. The Morgan fingerprint density at radius 3 is 2.90 bits per heavy atom. The van der Waals surface area contributed by atoms with Crippen LogP contribution in [0.15, 0.2) is 22.7 Å². The summed E-state index contributed by atoms with van der Waals surface area (Å²) in [5.74, 6) is 1.53. The van der Waals surface area contributed by atoms with Crippen molar-refractivity contribution >= 4 is 15.9 Å². The lowest BCUT2D eigenvalue weighted by Gasteiger charge is -2.27. The normalized spacial score (nSPS) is 23.8. The van der Waals surface area contributed by atoms with Crippen LogP contribution in [0.4, 0.5) is 0 Å². The fraction of sp³-hybridized carbons (Fsp3) is 0.625. The van der Waals surface area contributed by atoms with Gasteiger partial charge in [0.1, 0.15) is 5.75 Å². The highest BCUT2D eigenvalue weighted by molar-refractivity contribution is 9.10. The molecule has 0 saturated carbocycles. The SMILES string of the molecule is CCNC(Cc1cc(Br)ccc1OC)C1CCOC1C. The summed E-state index contributed by atoms with van der Waals surface area (Å²) >= 11 is 3.55. The van der Waals surface area contributed by atoms with Gasteiger partial charge in [-0.15, -0.1) is 0 Å². The van der Waals surface area contributed by atoms with Crippen molar-refractivity contribution in [2.45, 2.75) is 38.8 Å². The topological polar surface area (TPSA) is 30.5 Å². The molecule has 1 heterocycles. The van der Waals surface area contributed by atoms with Gasteiger partial charge in [0.2, 0.25) is 0 Å². The predicted molar refractivity (Wildman–Crippen MR) is 85.4 cm³/mol. The zero-order valence-corrected chi connectivity index (χ0v) is 14.1. The molecular weight excluding hydrogens is 318 g/mol. The zero-order valence-electron chi connectivity index (χ0n) is 12.5. The Hall–Kier alpha value is -0.580. The highest BCUT2D eigenvalue weighted by atomic mass is 79.9. The third kappa shape index (κ3) is 3.74. The van der Waals surface area contributed by atoms with Crippen molar-refractivity contribution in [2.24, 2.45) is 5.92 Å². The molecule has 4 heteroatoms. The summed E-state index contributed by atoms with van der Waals surface area (Å²) in [5.41, 5.74) is 1.24. The molecule has 1 saturated heterocycles. The first-order valence-corrected chi connectivity index (χ1v) is 8.12. The van der Waals surface area contributed by atoms with Gasteiger partial charge in [0.05, 0.1) is 13.2 Å². The van der Waals surface area contributed by atoms with Crippen molar-refractivity contribution in [3.8, 4) is 5.75 Å². The molecule has 3 unspecified atom stereocenters. The summed E-state index contributed by atoms with van der Waals surface area (Å²) in [5, 5.41) is 3.62. The first-order chi connectivity index (χ1) is 9.65. The van der Waals surface area contributed by atoms with Crippen LogP contribution >= 0.6 is 15.9 Å². The standard InChI is InChI=1S/C16H24BrNO2/c1-4-18-15(14-7-8-20-11(14)2)10-12-9-13(17)5-6-16(12)19-3/h5-6,9,11,14-15,18H,4,7-8,10H2,1-3H3. The number of likely N-dealkylation sites (N-methyl/N-ethyl adjacent to an activating group) is 1. The van der Waals surface area contributed by atoms with Crippen LogP contribution in [0.3, 0.4) is 0 Å². The van der Waals surface area contributed by atoms with Gasteiger partial charge in [0.15, 0.2) is 0 Å². The summed E-state index contributed by atoms with van der Waals surface area (Å²) in [7, 11) is 1.73. The van der Waals surface area contributed by atoms with Crippen molar-refractivity contribution in [2.75, 3.05) is 20.3 Å². The third-order valence-electron chi connectivity index (χ3n) is 4.10. The van der Waals surface area contributed by atoms with Gasteiger partial charge in [0, 0.05) is 23.0 Å². The summed E-state index contributed by atoms with van der Waals surface area (Å²) in [6.45, 7) is 6.19. The highest BCUT2D eigenvalue weighted by Gasteiger charge is 2.31. The fourth-order valence-corrected chi connectivity index (χ4v) is 3.47. The van der Waals surface area contributed by atoms with Crippen LogP contribution in [-0.4, -0.2) is 32.4 Å². The van der Waals surface area contributed by atoms with Gasteiger partial charge in [-0.25, -0.2) is 0 Å². The van der Waals surface area contributed by atoms with Crippen LogP contribution in [0.2, 0.25) is 0 Å². The molecule has 0 spiro atoms. The van der Waals surface area contributed by atoms with E-state index in [1.54, 1.807) is 7.11 Å². The van der Waals surface area contributed by atoms with E-state index < -0.39 is 0 Å². The van der Waals surface area contributed by atoms with Crippen LogP contribution < -0.4 is 10.1 Å². The Kier molecular flexibility index (Phi) is 5.87. The van der Waals surface area contributed by atoms with Gasteiger partial charge in [-0.05, 0) is 50.1 Å². The predicted octanol–water partition coefficient (Wildman–Crippen LogP) is 3.40. The van der Waals surface area contributed by atoms with Crippen LogP contribution in [-0.2, 0) is 11.2 Å². The number of methoxy groups -OCH3 is 1. The van der Waals surface area contributed by atoms with Crippen molar-refractivity contribution in [3.63, 3.8) is 0 Å². The Bertz CT molecular complexity index is 438. The second kappa shape index (κ2) is 7.43. The highest BCUT2D eigenvalue weighted by Crippen LogP contribution is 2.30. The largest absolute Gasteiger partial charge is 0.496 e. The van der Waals surface area contributed by atoms with Gasteiger partial charge in [-0.2, -0.15) is 0 Å². The molecule has 0 aliphatic carbocycles. The summed E-state index contributed by atoms with van der Waals surface area (Å²) in [6, 6.07) is 6.63. The lowest BCUT2D eigenvalue weighted by molar-refractivity contribution is 0.0955. The molecule has 1 fully saturated rings. The van der Waals surface area contributed by atoms with Crippen LogP contribution in [0.25, 0.3) is 0 Å². The molecule has 1 aliphatic heterocycles. The number of hydrogen-bond acceptors (Lipinski definition) is 3. The summed E-state index contributed by atoms with van der Waals surface area (Å²) in [6.07, 6.45) is 2.43. The number of nitrogens with one attached hydrogen (secondary N) is 1. The first kappa shape index (κ1) is 15.8. The Morgan fingerprint density at radius 1 is 1.50 bits per heavy atom. The van der Waals surface area contributed by atoms with E-state index in [-0.39, 0.29) is 0 Å². The molecule has 1 N–H and O–H groups in total. The van der Waals surface area contributed by atoms with E-state index in [4.69, 9.17) is 9.47 Å². The molecule has 112 valence electrons. The molecule has 0 aromatic heterocycles. The van der Waals surface area contributed by atoms with E-state index in [2.05, 4.69) is 41.2 Å². The van der Waals surface area contributed by atoms with Gasteiger partial charge >= 0.3 is 0 Å². The minimum Gasteiger partial charge on any atom is -0.496 e. The molecule has 0 bridgehead atoms. The second-order valence-electron chi connectivity index (χ2n) is 5.35. The van der Waals surface area contributed by atoms with Crippen molar-refractivity contribution in [1.29, 1.82) is 0 Å². The first-order valence-electron chi connectivity index (χ1n) is 7.33. The Labute approximate surface area is 130 Å². The van der Waals surface area contributed by atoms with E-state index in [0.717, 1.165) is 36.2 Å². The van der Waals surface area contributed by atoms with E-state index >= 15 is 0 Å². The lowest BCUT2D eigenvalue weighted by atomic mass is 9.88. The minimum atomic E-state index is 0.331. The number of benzene rings is 1. The average molecular weight is 342 g/mol. The Morgan fingerprint density at radius 2 is 2.30 bits per heavy atom. The van der Waals surface area contributed by atoms with E-state index in [1.807, 2.05) is 12.1 Å². The quantitative estimate of drug-likeness (QED) is 0.860. The van der Waals surface area contributed by atoms with Crippen LogP contribution in [0.5, 0.6) is 5.75 Å². The smallest absolute Gasteiger partial charge is 0.122 e. The fourth-order valence-electron chi connectivity index (χ4n) is 3.06. The number of halogens is 1. The van der Waals surface area contributed by atoms with Crippen molar-refractivity contribution in [1.82, 2.24) is 5.32 Å². The Balaban J connectivity index is 2.17. The second-order valence-corrected chi connectivity index (χ2v) is 6.27. The maximum Gasteiger partial charge on any atom is 0.122 e. The van der Waals surface area contributed by atoms with Crippen molar-refractivity contribution in [3.05, 3.63) is 28.2 Å². The summed E-state index contributed by atoms with van der Waals surface area (Å²) < 4.78 is 12.3. The van der Waals surface area contributed by atoms with Gasteiger partial charge < -0.3 is 14.8 Å². The number of hydrogen-bond donors (Lipinski definition) is 1. The molecule has 3 nitrogen and oxygen atoms in total. The zero-order chi connectivity index (χ0) is 14.5. The molecule has 0 amide bonds. The maximum atomic E-state index is 5.73. The number of ether oxygens (including phenoxy) is 2. The van der Waals surface area contributed by atoms with Gasteiger partial charge in [-0.3, -0.25) is 0 Å². The van der Waals surface area contributed by atoms with E-state index in [9.17, 15) is 0 Å². The molecule has 1 aliphatic rings. The molecular formula is C16H24BrNO2. The van der Waals surface area contributed by atoms with Gasteiger partial charge in [-0.1, -0.05) is 22.9 Å². The molecule has 2 rings (SSSR count). The van der Waals surface area contributed by atoms with Crippen LogP contribution in [0, 0.1) is 5.92 Å². The lowest BCUT2D eigenvalue weighted by Crippen LogP contribution is -2.40. The molecule has 20 heavy (non-hydrogen) atoms. The molecule has 1 aromatic rings. The average Bonchev–Trinajstić information content (AvgIpc) is 2.85. The van der Waals surface area contributed by atoms with Gasteiger partial charge in [0.25, 0.3) is 0 Å². The number of rotatable bonds is 6. The van der Waals surface area contributed by atoms with E-state index in [0.29, 0.717) is 18.1 Å². The summed E-state index contributed by atoms with van der Waals surface area (Å²) in [4.78, 5) is 0. The van der Waals surface area contributed by atoms with E-state index in [1.165, 1.54) is 5.56 Å². The third-order valence-corrected chi connectivity index (χ3v) is 4.59. The minimum absolute atomic E-state index is 0.331.